The van der Waals surface area contributed by atoms with Crippen LogP contribution in [0.5, 0.6) is 5.75 Å². The second kappa shape index (κ2) is 6.76. The Kier molecular flexibility index (Phi) is 5.28. The number of phenols is 1. The summed E-state index contributed by atoms with van der Waals surface area (Å²) in [5.74, 6) is 1.18. The molecule has 2 N–H and O–H groups in total. The SMILES string of the molecule is CCC(NC(C)C1CCCC1)c1cc(Br)ccc1O. The van der Waals surface area contributed by atoms with Crippen molar-refractivity contribution in [3.8, 4) is 5.75 Å². The molecule has 0 amide bonds. The van der Waals surface area contributed by atoms with Gasteiger partial charge in [0.1, 0.15) is 5.75 Å². The Balaban J connectivity index is 2.08. The second-order valence-corrected chi connectivity index (χ2v) is 6.58. The lowest BCUT2D eigenvalue weighted by Gasteiger charge is -2.27. The highest BCUT2D eigenvalue weighted by atomic mass is 79.9. The predicted octanol–water partition coefficient (Wildman–Crippen LogP) is 4.77. The summed E-state index contributed by atoms with van der Waals surface area (Å²) < 4.78 is 1.02. The highest BCUT2D eigenvalue weighted by Crippen LogP contribution is 2.32. The van der Waals surface area contributed by atoms with E-state index >= 15 is 0 Å². The lowest BCUT2D eigenvalue weighted by molar-refractivity contribution is 0.333. The van der Waals surface area contributed by atoms with Crippen LogP contribution < -0.4 is 5.32 Å². The Labute approximate surface area is 124 Å². The fourth-order valence-electron chi connectivity index (χ4n) is 3.14. The summed E-state index contributed by atoms with van der Waals surface area (Å²) >= 11 is 3.49. The molecular weight excluding hydrogens is 302 g/mol. The molecule has 2 nitrogen and oxygen atoms in total. The molecule has 0 bridgehead atoms. The number of hydrogen-bond donors (Lipinski definition) is 2. The lowest BCUT2D eigenvalue weighted by atomic mass is 9.96. The third-order valence-corrected chi connectivity index (χ3v) is 4.84. The first-order valence-corrected chi connectivity index (χ1v) is 8.15. The average molecular weight is 326 g/mol. The van der Waals surface area contributed by atoms with Gasteiger partial charge in [-0.3, -0.25) is 0 Å². The van der Waals surface area contributed by atoms with E-state index in [0.29, 0.717) is 11.8 Å². The van der Waals surface area contributed by atoms with Gasteiger partial charge in [0.2, 0.25) is 0 Å². The summed E-state index contributed by atoms with van der Waals surface area (Å²) in [6.07, 6.45) is 6.41. The Morgan fingerprint density at radius 2 is 2.05 bits per heavy atom. The van der Waals surface area contributed by atoms with Crippen LogP contribution in [0.25, 0.3) is 0 Å². The van der Waals surface area contributed by atoms with E-state index in [4.69, 9.17) is 0 Å². The highest BCUT2D eigenvalue weighted by Gasteiger charge is 2.24. The van der Waals surface area contributed by atoms with Crippen molar-refractivity contribution in [2.24, 2.45) is 5.92 Å². The number of halogens is 1. The molecule has 1 saturated carbocycles. The Morgan fingerprint density at radius 1 is 1.37 bits per heavy atom. The molecule has 2 rings (SSSR count). The molecule has 0 aliphatic heterocycles. The molecule has 0 radical (unpaired) electrons. The molecule has 2 atom stereocenters. The number of phenolic OH excluding ortho intramolecular Hbond substituents is 1. The van der Waals surface area contributed by atoms with E-state index in [0.717, 1.165) is 22.4 Å². The van der Waals surface area contributed by atoms with Gasteiger partial charge >= 0.3 is 0 Å². The maximum absolute atomic E-state index is 10.1. The van der Waals surface area contributed by atoms with Crippen LogP contribution in [0.1, 0.15) is 57.6 Å². The van der Waals surface area contributed by atoms with Crippen molar-refractivity contribution in [1.82, 2.24) is 5.32 Å². The third-order valence-electron chi connectivity index (χ3n) is 4.34. The minimum absolute atomic E-state index is 0.230. The molecule has 1 aromatic carbocycles. The topological polar surface area (TPSA) is 32.3 Å². The van der Waals surface area contributed by atoms with Gasteiger partial charge in [-0.05, 0) is 50.3 Å². The smallest absolute Gasteiger partial charge is 0.120 e. The van der Waals surface area contributed by atoms with Gasteiger partial charge in [0, 0.05) is 22.1 Å². The predicted molar refractivity (Wildman–Crippen MR) is 83.4 cm³/mol. The molecule has 2 unspecified atom stereocenters. The van der Waals surface area contributed by atoms with E-state index in [1.54, 1.807) is 6.07 Å². The van der Waals surface area contributed by atoms with E-state index in [2.05, 4.69) is 35.1 Å². The minimum Gasteiger partial charge on any atom is -0.508 e. The van der Waals surface area contributed by atoms with Crippen LogP contribution in [0, 0.1) is 5.92 Å². The maximum Gasteiger partial charge on any atom is 0.120 e. The normalized spacial score (nSPS) is 19.5. The minimum atomic E-state index is 0.230. The van der Waals surface area contributed by atoms with E-state index in [1.807, 2.05) is 12.1 Å². The molecule has 1 fully saturated rings. The lowest BCUT2D eigenvalue weighted by Crippen LogP contribution is -2.35. The largest absolute Gasteiger partial charge is 0.508 e. The molecular formula is C16H24BrNO. The van der Waals surface area contributed by atoms with E-state index in [9.17, 15) is 5.11 Å². The van der Waals surface area contributed by atoms with Gasteiger partial charge in [-0.15, -0.1) is 0 Å². The Bertz CT molecular complexity index is 415. The average Bonchev–Trinajstić information content (AvgIpc) is 2.93. The van der Waals surface area contributed by atoms with Crippen molar-refractivity contribution in [3.05, 3.63) is 28.2 Å². The fraction of sp³-hybridized carbons (Fsp3) is 0.625. The van der Waals surface area contributed by atoms with Gasteiger partial charge in [-0.2, -0.15) is 0 Å². The summed E-state index contributed by atoms with van der Waals surface area (Å²) in [7, 11) is 0. The van der Waals surface area contributed by atoms with Crippen LogP contribution in [0.2, 0.25) is 0 Å². The van der Waals surface area contributed by atoms with Gasteiger partial charge in [-0.25, -0.2) is 0 Å². The molecule has 0 saturated heterocycles. The summed E-state index contributed by atoms with van der Waals surface area (Å²) in [5.41, 5.74) is 1.00. The Hall–Kier alpha value is -0.540. The zero-order valence-electron chi connectivity index (χ0n) is 11.8. The van der Waals surface area contributed by atoms with Gasteiger partial charge < -0.3 is 10.4 Å². The van der Waals surface area contributed by atoms with Crippen molar-refractivity contribution >= 4 is 15.9 Å². The zero-order chi connectivity index (χ0) is 13.8. The highest BCUT2D eigenvalue weighted by molar-refractivity contribution is 9.10. The maximum atomic E-state index is 10.1. The molecule has 0 spiro atoms. The molecule has 106 valence electrons. The number of aromatic hydroxyl groups is 1. The third kappa shape index (κ3) is 3.73. The van der Waals surface area contributed by atoms with Gasteiger partial charge in [-0.1, -0.05) is 35.7 Å². The second-order valence-electron chi connectivity index (χ2n) is 5.66. The van der Waals surface area contributed by atoms with Crippen molar-refractivity contribution < 1.29 is 5.11 Å². The quantitative estimate of drug-likeness (QED) is 0.816. The van der Waals surface area contributed by atoms with Crippen molar-refractivity contribution in [3.63, 3.8) is 0 Å². The van der Waals surface area contributed by atoms with Crippen LogP contribution in [0.3, 0.4) is 0 Å². The van der Waals surface area contributed by atoms with E-state index < -0.39 is 0 Å². The van der Waals surface area contributed by atoms with Crippen molar-refractivity contribution in [2.75, 3.05) is 0 Å². The number of rotatable bonds is 5. The molecule has 19 heavy (non-hydrogen) atoms. The zero-order valence-corrected chi connectivity index (χ0v) is 13.4. The summed E-state index contributed by atoms with van der Waals surface area (Å²) in [4.78, 5) is 0. The Morgan fingerprint density at radius 3 is 2.68 bits per heavy atom. The summed E-state index contributed by atoms with van der Waals surface area (Å²) in [5, 5.41) is 13.8. The molecule has 3 heteroatoms. The molecule has 1 aliphatic carbocycles. The van der Waals surface area contributed by atoms with Crippen LogP contribution in [0.4, 0.5) is 0 Å². The summed E-state index contributed by atoms with van der Waals surface area (Å²) in [6.45, 7) is 4.45. The van der Waals surface area contributed by atoms with E-state index in [-0.39, 0.29) is 6.04 Å². The summed E-state index contributed by atoms with van der Waals surface area (Å²) in [6, 6.07) is 6.42. The van der Waals surface area contributed by atoms with Crippen LogP contribution >= 0.6 is 15.9 Å². The molecule has 1 aromatic rings. The van der Waals surface area contributed by atoms with Crippen LogP contribution in [0.15, 0.2) is 22.7 Å². The van der Waals surface area contributed by atoms with Gasteiger partial charge in [0.25, 0.3) is 0 Å². The monoisotopic (exact) mass is 325 g/mol. The van der Waals surface area contributed by atoms with Crippen molar-refractivity contribution in [2.45, 2.75) is 58.0 Å². The number of benzene rings is 1. The molecule has 0 heterocycles. The first kappa shape index (κ1) is 14.9. The van der Waals surface area contributed by atoms with Crippen LogP contribution in [-0.4, -0.2) is 11.1 Å². The first-order chi connectivity index (χ1) is 9.11. The standard InChI is InChI=1S/C16H24BrNO/c1-3-15(14-10-13(17)8-9-16(14)19)18-11(2)12-6-4-5-7-12/h8-12,15,18-19H,3-7H2,1-2H3. The van der Waals surface area contributed by atoms with Gasteiger partial charge in [0.15, 0.2) is 0 Å². The molecule has 1 aliphatic rings. The van der Waals surface area contributed by atoms with Crippen LogP contribution in [-0.2, 0) is 0 Å². The fourth-order valence-corrected chi connectivity index (χ4v) is 3.52. The number of nitrogens with one attached hydrogen (secondary N) is 1. The van der Waals surface area contributed by atoms with Crippen molar-refractivity contribution in [1.29, 1.82) is 0 Å². The number of hydrogen-bond acceptors (Lipinski definition) is 2. The van der Waals surface area contributed by atoms with E-state index in [1.165, 1.54) is 25.7 Å². The first-order valence-electron chi connectivity index (χ1n) is 7.36. The van der Waals surface area contributed by atoms with Gasteiger partial charge in [0.05, 0.1) is 0 Å². The molecule has 0 aromatic heterocycles.